The van der Waals surface area contributed by atoms with E-state index in [1.807, 2.05) is 35.4 Å². The maximum atomic E-state index is 11.3. The molecule has 3 aromatic rings. The van der Waals surface area contributed by atoms with Crippen LogP contribution in [0.5, 0.6) is 0 Å². The zero-order valence-electron chi connectivity index (χ0n) is 17.0. The molecule has 0 unspecified atom stereocenters. The molecule has 2 aliphatic rings. The van der Waals surface area contributed by atoms with Crippen LogP contribution in [-0.4, -0.2) is 42.0 Å². The van der Waals surface area contributed by atoms with Crippen LogP contribution in [0.4, 0.5) is 5.95 Å². The van der Waals surface area contributed by atoms with Crippen molar-refractivity contribution in [2.75, 3.05) is 0 Å². The molecular formula is C22H23N7O. The maximum Gasteiger partial charge on any atom is 0.249 e. The first-order valence-electron chi connectivity index (χ1n) is 10.2. The first-order valence-corrected chi connectivity index (χ1v) is 10.2. The van der Waals surface area contributed by atoms with Crippen LogP contribution in [0.15, 0.2) is 42.1 Å². The average molecular weight is 401 g/mol. The van der Waals surface area contributed by atoms with Gasteiger partial charge in [0.15, 0.2) is 0 Å². The number of aliphatic imine (C=N–C) groups is 1. The van der Waals surface area contributed by atoms with E-state index in [2.05, 4.69) is 38.3 Å². The number of nitrogens with zero attached hydrogens (tertiary/aromatic N) is 6. The Balaban J connectivity index is 1.33. The molecule has 1 amide bonds. The molecule has 2 aliphatic carbocycles. The van der Waals surface area contributed by atoms with Gasteiger partial charge in [-0.05, 0) is 44.1 Å². The zero-order valence-corrected chi connectivity index (χ0v) is 17.0. The highest BCUT2D eigenvalue weighted by molar-refractivity contribution is 5.81. The van der Waals surface area contributed by atoms with Crippen molar-refractivity contribution >= 4 is 29.4 Å². The van der Waals surface area contributed by atoms with Gasteiger partial charge in [0.25, 0.3) is 0 Å². The van der Waals surface area contributed by atoms with Gasteiger partial charge in [0, 0.05) is 60.8 Å². The summed E-state index contributed by atoms with van der Waals surface area (Å²) in [6.07, 6.45) is 17.1. The molecule has 0 saturated heterocycles. The number of carbonyl (C=O) groups is 1. The van der Waals surface area contributed by atoms with Crippen LogP contribution in [0.1, 0.15) is 49.9 Å². The van der Waals surface area contributed by atoms with Gasteiger partial charge >= 0.3 is 0 Å². The highest BCUT2D eigenvalue weighted by Gasteiger charge is 2.39. The summed E-state index contributed by atoms with van der Waals surface area (Å²) in [4.78, 5) is 33.6. The molecule has 30 heavy (non-hydrogen) atoms. The van der Waals surface area contributed by atoms with Gasteiger partial charge in [-0.25, -0.2) is 24.9 Å². The number of carbonyl (C=O) groups excluding carboxylic acids is 1. The third kappa shape index (κ3) is 3.49. The maximum absolute atomic E-state index is 11.3. The number of aromatic nitrogens is 5. The lowest BCUT2D eigenvalue weighted by Gasteiger charge is -2.44. The van der Waals surface area contributed by atoms with Gasteiger partial charge in [0.05, 0.1) is 5.69 Å². The Morgan fingerprint density at radius 2 is 2.17 bits per heavy atom. The Morgan fingerprint density at radius 1 is 1.30 bits per heavy atom. The van der Waals surface area contributed by atoms with Gasteiger partial charge in [-0.3, -0.25) is 9.20 Å². The molecular weight excluding hydrogens is 378 g/mol. The predicted molar refractivity (Wildman–Crippen MR) is 114 cm³/mol. The molecule has 5 rings (SSSR count). The minimum atomic E-state index is -0.122. The van der Waals surface area contributed by atoms with E-state index in [-0.39, 0.29) is 11.4 Å². The number of nitrogens with one attached hydrogen (secondary N) is 1. The minimum absolute atomic E-state index is 0.0113. The summed E-state index contributed by atoms with van der Waals surface area (Å²) in [5.41, 5.74) is 4.04. The second kappa shape index (κ2) is 7.12. The summed E-state index contributed by atoms with van der Waals surface area (Å²) in [5.74, 6) is 1.52. The smallest absolute Gasteiger partial charge is 0.249 e. The van der Waals surface area contributed by atoms with Crippen LogP contribution >= 0.6 is 0 Å². The second-order valence-corrected chi connectivity index (χ2v) is 8.35. The van der Waals surface area contributed by atoms with Crippen molar-refractivity contribution in [3.8, 4) is 0 Å². The first kappa shape index (κ1) is 18.6. The average Bonchev–Trinajstić information content (AvgIpc) is 3.17. The SMILES string of the molecule is CC(=O)NC1(C)CC(C=Nc2ncc3c(n2)CCC=C3c2cnc3nccn3c2)C1. The van der Waals surface area contributed by atoms with Crippen molar-refractivity contribution in [2.24, 2.45) is 10.9 Å². The molecule has 152 valence electrons. The van der Waals surface area contributed by atoms with Crippen molar-refractivity contribution < 1.29 is 4.79 Å². The van der Waals surface area contributed by atoms with E-state index in [0.29, 0.717) is 17.6 Å². The number of fused-ring (bicyclic) bond motifs is 2. The van der Waals surface area contributed by atoms with Crippen LogP contribution < -0.4 is 5.32 Å². The number of aryl methyl sites for hydroxylation is 1. The highest BCUT2D eigenvalue weighted by Crippen LogP contribution is 2.36. The number of hydrogen-bond acceptors (Lipinski definition) is 6. The predicted octanol–water partition coefficient (Wildman–Crippen LogP) is 2.90. The van der Waals surface area contributed by atoms with Crippen LogP contribution in [0, 0.1) is 5.92 Å². The molecule has 0 aromatic carbocycles. The molecule has 0 spiro atoms. The summed E-state index contributed by atoms with van der Waals surface area (Å²) < 4.78 is 1.91. The van der Waals surface area contributed by atoms with E-state index in [1.165, 1.54) is 0 Å². The standard InChI is InChI=1S/C22H23N7O/c1-14(30)28-22(2)8-15(9-22)10-24-20-25-12-18-17(4-3-5-19(18)27-20)16-11-26-21-23-6-7-29(21)13-16/h4,6-7,10-13,15H,3,5,8-9H2,1-2H3,(H,28,30). The summed E-state index contributed by atoms with van der Waals surface area (Å²) in [6.45, 7) is 3.62. The number of rotatable bonds is 4. The first-order chi connectivity index (χ1) is 14.5. The molecule has 3 heterocycles. The van der Waals surface area contributed by atoms with Crippen LogP contribution in [0.3, 0.4) is 0 Å². The largest absolute Gasteiger partial charge is 0.351 e. The normalized spacial score (nSPS) is 23.1. The lowest BCUT2D eigenvalue weighted by molar-refractivity contribution is -0.121. The fourth-order valence-corrected chi connectivity index (χ4v) is 4.48. The lowest BCUT2D eigenvalue weighted by Crippen LogP contribution is -2.54. The van der Waals surface area contributed by atoms with Gasteiger partial charge < -0.3 is 5.32 Å². The third-order valence-electron chi connectivity index (χ3n) is 5.74. The highest BCUT2D eigenvalue weighted by atomic mass is 16.1. The van der Waals surface area contributed by atoms with Crippen molar-refractivity contribution in [1.29, 1.82) is 0 Å². The van der Waals surface area contributed by atoms with Crippen molar-refractivity contribution in [2.45, 2.75) is 45.1 Å². The van der Waals surface area contributed by atoms with Gasteiger partial charge in [-0.15, -0.1) is 0 Å². The Labute approximate surface area is 174 Å². The molecule has 0 radical (unpaired) electrons. The van der Waals surface area contributed by atoms with E-state index in [9.17, 15) is 4.79 Å². The molecule has 8 heteroatoms. The van der Waals surface area contributed by atoms with E-state index in [0.717, 1.165) is 48.1 Å². The quantitative estimate of drug-likeness (QED) is 0.678. The Bertz CT molecular complexity index is 1190. The van der Waals surface area contributed by atoms with Gasteiger partial charge in [-0.2, -0.15) is 0 Å². The molecule has 8 nitrogen and oxygen atoms in total. The Kier molecular flexibility index (Phi) is 4.42. The van der Waals surface area contributed by atoms with Crippen molar-refractivity contribution in [1.82, 2.24) is 29.7 Å². The minimum Gasteiger partial charge on any atom is -0.351 e. The number of allylic oxidation sites excluding steroid dienone is 1. The van der Waals surface area contributed by atoms with Gasteiger partial charge in [0.2, 0.25) is 17.6 Å². The summed E-state index contributed by atoms with van der Waals surface area (Å²) in [7, 11) is 0. The fourth-order valence-electron chi connectivity index (χ4n) is 4.48. The Morgan fingerprint density at radius 3 is 3.00 bits per heavy atom. The number of imidazole rings is 1. The topological polar surface area (TPSA) is 97.4 Å². The van der Waals surface area contributed by atoms with Gasteiger partial charge in [-0.1, -0.05) is 6.08 Å². The second-order valence-electron chi connectivity index (χ2n) is 8.35. The third-order valence-corrected chi connectivity index (χ3v) is 5.74. The number of hydrogen-bond donors (Lipinski definition) is 1. The van der Waals surface area contributed by atoms with Crippen molar-refractivity contribution in [3.05, 3.63) is 53.9 Å². The van der Waals surface area contributed by atoms with Crippen LogP contribution in [0.2, 0.25) is 0 Å². The van der Waals surface area contributed by atoms with E-state index in [4.69, 9.17) is 4.98 Å². The zero-order chi connectivity index (χ0) is 20.7. The summed E-state index contributed by atoms with van der Waals surface area (Å²) in [5, 5.41) is 3.01. The molecule has 3 aromatic heterocycles. The lowest BCUT2D eigenvalue weighted by atomic mass is 9.70. The van der Waals surface area contributed by atoms with E-state index < -0.39 is 0 Å². The van der Waals surface area contributed by atoms with Crippen molar-refractivity contribution in [3.63, 3.8) is 0 Å². The molecule has 1 fully saturated rings. The monoisotopic (exact) mass is 401 g/mol. The van der Waals surface area contributed by atoms with E-state index >= 15 is 0 Å². The molecule has 1 saturated carbocycles. The summed E-state index contributed by atoms with van der Waals surface area (Å²) in [6, 6.07) is 0. The number of amides is 1. The van der Waals surface area contributed by atoms with Crippen LogP contribution in [0.25, 0.3) is 11.4 Å². The Hall–Kier alpha value is -3.42. The van der Waals surface area contributed by atoms with Crippen LogP contribution in [-0.2, 0) is 11.2 Å². The van der Waals surface area contributed by atoms with E-state index in [1.54, 1.807) is 13.1 Å². The van der Waals surface area contributed by atoms with Gasteiger partial charge in [0.1, 0.15) is 0 Å². The molecule has 1 N–H and O–H groups in total. The molecule has 0 aliphatic heterocycles. The fraction of sp³-hybridized carbons (Fsp3) is 0.364. The summed E-state index contributed by atoms with van der Waals surface area (Å²) >= 11 is 0. The molecule has 0 bridgehead atoms. The molecule has 0 atom stereocenters.